The second kappa shape index (κ2) is 3.00. The van der Waals surface area contributed by atoms with Gasteiger partial charge >= 0.3 is 0 Å². The first-order chi connectivity index (χ1) is 6.26. The number of hydrogen-bond donors (Lipinski definition) is 2. The number of nitrogens with one attached hydrogen (secondary N) is 1. The van der Waals surface area contributed by atoms with Gasteiger partial charge in [-0.25, -0.2) is 0 Å². The summed E-state index contributed by atoms with van der Waals surface area (Å²) >= 11 is 0. The highest BCUT2D eigenvalue weighted by Gasteiger charge is 2.43. The summed E-state index contributed by atoms with van der Waals surface area (Å²) in [6.45, 7) is 0.580. The third kappa shape index (κ3) is 1.20. The maximum absolute atomic E-state index is 11.6. The molecule has 0 aromatic rings. The van der Waals surface area contributed by atoms with E-state index in [1.165, 1.54) is 0 Å². The van der Waals surface area contributed by atoms with Crippen molar-refractivity contribution >= 4 is 5.91 Å². The zero-order valence-corrected chi connectivity index (χ0v) is 7.36. The van der Waals surface area contributed by atoms with Crippen LogP contribution < -0.4 is 5.32 Å². The van der Waals surface area contributed by atoms with Crippen molar-refractivity contribution in [3.05, 3.63) is 24.3 Å². The van der Waals surface area contributed by atoms with E-state index in [9.17, 15) is 9.90 Å². The van der Waals surface area contributed by atoms with Gasteiger partial charge in [-0.05, 0) is 12.8 Å². The largest absolute Gasteiger partial charge is 0.391 e. The second-order valence-electron chi connectivity index (χ2n) is 3.58. The number of carbonyl (C=O) groups excluding carboxylic acids is 1. The van der Waals surface area contributed by atoms with Crippen molar-refractivity contribution in [3.63, 3.8) is 0 Å². The molecule has 2 N–H and O–H groups in total. The van der Waals surface area contributed by atoms with Gasteiger partial charge in [0.25, 0.3) is 0 Å². The molecule has 0 fully saturated rings. The SMILES string of the molecule is O=C1NCC=C[C@@]12CC=CC[C@H]2O. The average molecular weight is 179 g/mol. The number of rotatable bonds is 0. The second-order valence-corrected chi connectivity index (χ2v) is 3.58. The molecular weight excluding hydrogens is 166 g/mol. The Hall–Kier alpha value is -1.09. The van der Waals surface area contributed by atoms with Gasteiger partial charge in [-0.2, -0.15) is 0 Å². The van der Waals surface area contributed by atoms with E-state index in [1.54, 1.807) is 0 Å². The highest BCUT2D eigenvalue weighted by molar-refractivity contribution is 5.87. The predicted molar refractivity (Wildman–Crippen MR) is 49.0 cm³/mol. The van der Waals surface area contributed by atoms with E-state index < -0.39 is 11.5 Å². The van der Waals surface area contributed by atoms with E-state index in [4.69, 9.17) is 0 Å². The summed E-state index contributed by atoms with van der Waals surface area (Å²) in [7, 11) is 0. The summed E-state index contributed by atoms with van der Waals surface area (Å²) in [5.74, 6) is -0.0492. The first-order valence-corrected chi connectivity index (χ1v) is 4.55. The highest BCUT2D eigenvalue weighted by Crippen LogP contribution is 2.36. The fourth-order valence-corrected chi connectivity index (χ4v) is 1.93. The van der Waals surface area contributed by atoms with Crippen LogP contribution in [-0.2, 0) is 4.79 Å². The number of aliphatic hydroxyl groups excluding tert-OH is 1. The maximum Gasteiger partial charge on any atom is 0.233 e. The van der Waals surface area contributed by atoms with Gasteiger partial charge in [0.2, 0.25) is 5.91 Å². The molecule has 3 heteroatoms. The zero-order chi connectivity index (χ0) is 9.31. The van der Waals surface area contributed by atoms with Gasteiger partial charge in [0.15, 0.2) is 0 Å². The van der Waals surface area contributed by atoms with Gasteiger partial charge in [0.1, 0.15) is 0 Å². The van der Waals surface area contributed by atoms with Crippen LogP contribution in [0.1, 0.15) is 12.8 Å². The molecule has 1 spiro atoms. The van der Waals surface area contributed by atoms with E-state index in [0.29, 0.717) is 19.4 Å². The van der Waals surface area contributed by atoms with Crippen molar-refractivity contribution in [2.45, 2.75) is 18.9 Å². The summed E-state index contributed by atoms with van der Waals surface area (Å²) < 4.78 is 0. The molecule has 2 rings (SSSR count). The lowest BCUT2D eigenvalue weighted by Crippen LogP contribution is -2.50. The number of amides is 1. The molecule has 1 aliphatic carbocycles. The van der Waals surface area contributed by atoms with Crippen LogP contribution in [-0.4, -0.2) is 23.7 Å². The molecule has 2 atom stereocenters. The Kier molecular flexibility index (Phi) is 1.96. The van der Waals surface area contributed by atoms with Crippen molar-refractivity contribution in [2.24, 2.45) is 5.41 Å². The quantitative estimate of drug-likeness (QED) is 0.528. The highest BCUT2D eigenvalue weighted by atomic mass is 16.3. The van der Waals surface area contributed by atoms with Gasteiger partial charge < -0.3 is 10.4 Å². The molecule has 0 aromatic carbocycles. The summed E-state index contributed by atoms with van der Waals surface area (Å²) in [6, 6.07) is 0. The first-order valence-electron chi connectivity index (χ1n) is 4.55. The molecule has 3 nitrogen and oxygen atoms in total. The number of hydrogen-bond acceptors (Lipinski definition) is 2. The molecule has 0 radical (unpaired) electrons. The number of carbonyl (C=O) groups is 1. The van der Waals surface area contributed by atoms with Gasteiger partial charge in [0.05, 0.1) is 11.5 Å². The Morgan fingerprint density at radius 1 is 1.46 bits per heavy atom. The number of allylic oxidation sites excluding steroid dienone is 1. The Balaban J connectivity index is 2.35. The van der Waals surface area contributed by atoms with Crippen LogP contribution >= 0.6 is 0 Å². The van der Waals surface area contributed by atoms with Crippen molar-refractivity contribution in [1.29, 1.82) is 0 Å². The van der Waals surface area contributed by atoms with Crippen molar-refractivity contribution < 1.29 is 9.90 Å². The number of aliphatic hydroxyl groups is 1. The Bertz CT molecular complexity index is 283. The van der Waals surface area contributed by atoms with Gasteiger partial charge in [0, 0.05) is 6.54 Å². The lowest BCUT2D eigenvalue weighted by Gasteiger charge is -2.37. The van der Waals surface area contributed by atoms with Crippen LogP contribution in [0.25, 0.3) is 0 Å². The smallest absolute Gasteiger partial charge is 0.233 e. The molecule has 0 saturated carbocycles. The molecule has 1 amide bonds. The lowest BCUT2D eigenvalue weighted by atomic mass is 9.72. The minimum absolute atomic E-state index is 0.0492. The van der Waals surface area contributed by atoms with E-state index in [0.717, 1.165) is 0 Å². The Morgan fingerprint density at radius 3 is 3.00 bits per heavy atom. The molecule has 1 heterocycles. The van der Waals surface area contributed by atoms with Gasteiger partial charge in [-0.1, -0.05) is 24.3 Å². The van der Waals surface area contributed by atoms with Crippen LogP contribution in [0.5, 0.6) is 0 Å². The lowest BCUT2D eigenvalue weighted by molar-refractivity contribution is -0.134. The van der Waals surface area contributed by atoms with Crippen molar-refractivity contribution in [3.8, 4) is 0 Å². The molecule has 1 aliphatic heterocycles. The maximum atomic E-state index is 11.6. The van der Waals surface area contributed by atoms with E-state index in [1.807, 2.05) is 24.3 Å². The fraction of sp³-hybridized carbons (Fsp3) is 0.500. The topological polar surface area (TPSA) is 49.3 Å². The average Bonchev–Trinajstić information content (AvgIpc) is 2.15. The predicted octanol–water partition coefficient (Wildman–Crippen LogP) is 0.370. The van der Waals surface area contributed by atoms with Crippen LogP contribution in [0.2, 0.25) is 0 Å². The molecule has 0 unspecified atom stereocenters. The Labute approximate surface area is 77.1 Å². The normalized spacial score (nSPS) is 37.9. The van der Waals surface area contributed by atoms with Crippen LogP contribution in [0, 0.1) is 5.41 Å². The van der Waals surface area contributed by atoms with Crippen LogP contribution in [0.3, 0.4) is 0 Å². The minimum atomic E-state index is -0.687. The minimum Gasteiger partial charge on any atom is -0.391 e. The van der Waals surface area contributed by atoms with E-state index in [2.05, 4.69) is 5.32 Å². The van der Waals surface area contributed by atoms with E-state index in [-0.39, 0.29) is 5.91 Å². The third-order valence-corrected chi connectivity index (χ3v) is 2.79. The zero-order valence-electron chi connectivity index (χ0n) is 7.36. The van der Waals surface area contributed by atoms with Gasteiger partial charge in [-0.15, -0.1) is 0 Å². The molecule has 70 valence electrons. The van der Waals surface area contributed by atoms with Gasteiger partial charge in [-0.3, -0.25) is 4.79 Å². The third-order valence-electron chi connectivity index (χ3n) is 2.79. The van der Waals surface area contributed by atoms with Crippen LogP contribution in [0.4, 0.5) is 0 Å². The van der Waals surface area contributed by atoms with Crippen LogP contribution in [0.15, 0.2) is 24.3 Å². The standard InChI is InChI=1S/C10H13NO2/c12-8-4-1-2-5-10(8)6-3-7-11-9(10)13/h1-3,6,8,12H,4-5,7H2,(H,11,13)/t8-,10-/m1/s1. The molecule has 0 bridgehead atoms. The summed E-state index contributed by atoms with van der Waals surface area (Å²) in [4.78, 5) is 11.6. The fourth-order valence-electron chi connectivity index (χ4n) is 1.93. The summed E-state index contributed by atoms with van der Waals surface area (Å²) in [6.07, 6.45) is 8.24. The summed E-state index contributed by atoms with van der Waals surface area (Å²) in [5, 5.41) is 12.5. The Morgan fingerprint density at radius 2 is 2.31 bits per heavy atom. The first kappa shape index (κ1) is 8.51. The van der Waals surface area contributed by atoms with E-state index >= 15 is 0 Å². The molecule has 2 aliphatic rings. The molecule has 13 heavy (non-hydrogen) atoms. The molecule has 0 aromatic heterocycles. The monoisotopic (exact) mass is 179 g/mol. The molecular formula is C10H13NO2. The van der Waals surface area contributed by atoms with Crippen molar-refractivity contribution in [1.82, 2.24) is 5.32 Å². The summed E-state index contributed by atoms with van der Waals surface area (Å²) in [5.41, 5.74) is -0.687. The molecule has 0 saturated heterocycles. The van der Waals surface area contributed by atoms with Crippen molar-refractivity contribution in [2.75, 3.05) is 6.54 Å².